The van der Waals surface area contributed by atoms with Gasteiger partial charge in [0.2, 0.25) is 5.91 Å². The molecule has 1 aliphatic heterocycles. The summed E-state index contributed by atoms with van der Waals surface area (Å²) in [4.78, 5) is 32.7. The zero-order valence-corrected chi connectivity index (χ0v) is 13.2. The van der Waals surface area contributed by atoms with Crippen molar-refractivity contribution in [3.8, 4) is 0 Å². The highest BCUT2D eigenvalue weighted by molar-refractivity contribution is 6.30. The molecule has 2 aliphatic rings. The Hall–Kier alpha value is -2.61. The molecule has 2 fully saturated rings. The molecule has 2 aromatic rings. The van der Waals surface area contributed by atoms with Crippen LogP contribution in [-0.2, 0) is 4.79 Å². The molecule has 8 nitrogen and oxygen atoms in total. The van der Waals surface area contributed by atoms with Crippen LogP contribution in [0.25, 0.3) is 10.8 Å². The smallest absolute Gasteiger partial charge is 0.407 e. The molecule has 1 aliphatic carbocycles. The first-order valence-electron chi connectivity index (χ1n) is 7.44. The zero-order chi connectivity index (χ0) is 17.0. The van der Waals surface area contributed by atoms with E-state index in [4.69, 9.17) is 22.4 Å². The number of nitrogens with zero attached hydrogens (tertiary/aromatic N) is 3. The molecule has 0 radical (unpaired) electrons. The van der Waals surface area contributed by atoms with E-state index < -0.39 is 6.09 Å². The lowest BCUT2D eigenvalue weighted by Gasteiger charge is -2.15. The predicted octanol–water partition coefficient (Wildman–Crippen LogP) is 1.66. The van der Waals surface area contributed by atoms with E-state index in [1.54, 1.807) is 18.3 Å². The highest BCUT2D eigenvalue weighted by Gasteiger charge is 2.60. The fourth-order valence-corrected chi connectivity index (χ4v) is 3.70. The molecule has 0 spiro atoms. The molecule has 0 aromatic carbocycles. The number of nitrogen functional groups attached to an aromatic ring is 1. The quantitative estimate of drug-likeness (QED) is 0.710. The number of carbonyl (C=O) groups excluding carboxylic acids is 1. The van der Waals surface area contributed by atoms with Gasteiger partial charge in [0.25, 0.3) is 0 Å². The van der Waals surface area contributed by atoms with Gasteiger partial charge >= 0.3 is 6.09 Å². The molecule has 1 saturated heterocycles. The van der Waals surface area contributed by atoms with Crippen molar-refractivity contribution in [2.75, 3.05) is 24.1 Å². The number of hydrogen-bond acceptors (Lipinski definition) is 5. The number of pyridine rings is 2. The molecule has 2 aromatic heterocycles. The Morgan fingerprint density at radius 3 is 2.71 bits per heavy atom. The molecule has 2 atom stereocenters. The van der Waals surface area contributed by atoms with E-state index in [9.17, 15) is 9.59 Å². The van der Waals surface area contributed by atoms with Crippen molar-refractivity contribution < 1.29 is 14.7 Å². The van der Waals surface area contributed by atoms with Gasteiger partial charge in [0.1, 0.15) is 16.8 Å². The standard InChI is InChI=1S/C15H14ClN5O3/c16-10-1-6-2-11(18-3-7(6)13(17)19-10)20-14(22)12-8-4-21(15(23)24)5-9(8)12/h1-3,8-9,12H,4-5H2,(H2,17,19)(H,23,24)(H,18,20,22). The number of hydrogen-bond donors (Lipinski definition) is 3. The minimum Gasteiger partial charge on any atom is -0.465 e. The topological polar surface area (TPSA) is 121 Å². The molecule has 24 heavy (non-hydrogen) atoms. The van der Waals surface area contributed by atoms with Crippen LogP contribution >= 0.6 is 11.6 Å². The largest absolute Gasteiger partial charge is 0.465 e. The lowest BCUT2D eigenvalue weighted by Crippen LogP contribution is -2.32. The number of aromatic nitrogens is 2. The number of anilines is 2. The van der Waals surface area contributed by atoms with E-state index in [0.29, 0.717) is 24.3 Å². The van der Waals surface area contributed by atoms with Crippen LogP contribution in [0, 0.1) is 17.8 Å². The van der Waals surface area contributed by atoms with Crippen LogP contribution in [0.1, 0.15) is 0 Å². The SMILES string of the molecule is Nc1nc(Cl)cc2cc(NC(=O)C3C4CN(C(=O)O)CC43)ncc12. The van der Waals surface area contributed by atoms with Crippen molar-refractivity contribution in [1.82, 2.24) is 14.9 Å². The van der Waals surface area contributed by atoms with E-state index in [2.05, 4.69) is 15.3 Å². The summed E-state index contributed by atoms with van der Waals surface area (Å²) in [6.07, 6.45) is 0.615. The third-order valence-corrected chi connectivity index (χ3v) is 4.93. The number of rotatable bonds is 2. The highest BCUT2D eigenvalue weighted by Crippen LogP contribution is 2.52. The molecule has 2 amide bonds. The number of likely N-dealkylation sites (tertiary alicyclic amines) is 1. The maximum absolute atomic E-state index is 12.4. The number of piperidine rings is 1. The Bertz CT molecular complexity index is 862. The summed E-state index contributed by atoms with van der Waals surface area (Å²) >= 11 is 5.89. The number of fused-ring (bicyclic) bond motifs is 2. The van der Waals surface area contributed by atoms with Gasteiger partial charge in [-0.1, -0.05) is 11.6 Å². The Balaban J connectivity index is 1.48. The minimum absolute atomic E-state index is 0.107. The minimum atomic E-state index is -0.930. The molecule has 2 unspecified atom stereocenters. The van der Waals surface area contributed by atoms with Gasteiger partial charge in [-0.25, -0.2) is 14.8 Å². The number of amides is 2. The molecular formula is C15H14ClN5O3. The number of halogens is 1. The van der Waals surface area contributed by atoms with Crippen LogP contribution < -0.4 is 11.1 Å². The molecule has 3 heterocycles. The van der Waals surface area contributed by atoms with Gasteiger partial charge in [-0.15, -0.1) is 0 Å². The Morgan fingerprint density at radius 2 is 2.04 bits per heavy atom. The normalized spacial score (nSPS) is 24.7. The summed E-state index contributed by atoms with van der Waals surface area (Å²) in [5.41, 5.74) is 5.79. The first-order valence-corrected chi connectivity index (χ1v) is 7.82. The second-order valence-corrected chi connectivity index (χ2v) is 6.54. The van der Waals surface area contributed by atoms with Crippen molar-refractivity contribution in [3.63, 3.8) is 0 Å². The zero-order valence-electron chi connectivity index (χ0n) is 12.4. The van der Waals surface area contributed by atoms with E-state index in [0.717, 1.165) is 5.39 Å². The molecule has 9 heteroatoms. The predicted molar refractivity (Wildman–Crippen MR) is 87.7 cm³/mol. The highest BCUT2D eigenvalue weighted by atomic mass is 35.5. The monoisotopic (exact) mass is 347 g/mol. The second kappa shape index (κ2) is 5.20. The Kier molecular flexibility index (Phi) is 3.24. The lowest BCUT2D eigenvalue weighted by molar-refractivity contribution is -0.118. The van der Waals surface area contributed by atoms with Gasteiger partial charge in [0.15, 0.2) is 0 Å². The van der Waals surface area contributed by atoms with Crippen LogP contribution in [0.2, 0.25) is 5.15 Å². The van der Waals surface area contributed by atoms with Crippen LogP contribution in [-0.4, -0.2) is 45.1 Å². The van der Waals surface area contributed by atoms with Gasteiger partial charge < -0.3 is 21.1 Å². The average Bonchev–Trinajstić information content (AvgIpc) is 3.01. The van der Waals surface area contributed by atoms with Gasteiger partial charge in [-0.3, -0.25) is 4.79 Å². The van der Waals surface area contributed by atoms with Crippen LogP contribution in [0.5, 0.6) is 0 Å². The fourth-order valence-electron chi connectivity index (χ4n) is 3.49. The fraction of sp³-hybridized carbons (Fsp3) is 0.333. The van der Waals surface area contributed by atoms with E-state index >= 15 is 0 Å². The number of nitrogens with one attached hydrogen (secondary N) is 1. The molecule has 1 saturated carbocycles. The summed E-state index contributed by atoms with van der Waals surface area (Å²) in [7, 11) is 0. The summed E-state index contributed by atoms with van der Waals surface area (Å²) < 4.78 is 0. The summed E-state index contributed by atoms with van der Waals surface area (Å²) in [5, 5.41) is 13.4. The summed E-state index contributed by atoms with van der Waals surface area (Å²) in [6.45, 7) is 0.835. The Labute approximate surface area is 141 Å². The maximum atomic E-state index is 12.4. The molecule has 0 bridgehead atoms. The first-order chi connectivity index (χ1) is 11.4. The van der Waals surface area contributed by atoms with Crippen LogP contribution in [0.15, 0.2) is 18.3 Å². The summed E-state index contributed by atoms with van der Waals surface area (Å²) in [6, 6.07) is 3.35. The van der Waals surface area contributed by atoms with E-state index in [-0.39, 0.29) is 34.6 Å². The van der Waals surface area contributed by atoms with Crippen molar-refractivity contribution >= 4 is 46.0 Å². The second-order valence-electron chi connectivity index (χ2n) is 6.15. The van der Waals surface area contributed by atoms with Crippen molar-refractivity contribution in [1.29, 1.82) is 0 Å². The molecule has 4 N–H and O–H groups in total. The lowest BCUT2D eigenvalue weighted by atomic mass is 10.2. The van der Waals surface area contributed by atoms with Gasteiger partial charge in [0.05, 0.1) is 0 Å². The summed E-state index contributed by atoms with van der Waals surface area (Å²) in [5.74, 6) is 0.633. The van der Waals surface area contributed by atoms with Gasteiger partial charge in [0, 0.05) is 30.6 Å². The van der Waals surface area contributed by atoms with Gasteiger partial charge in [-0.05, 0) is 29.4 Å². The molecule has 124 valence electrons. The molecule has 4 rings (SSSR count). The van der Waals surface area contributed by atoms with E-state index in [1.165, 1.54) is 4.90 Å². The van der Waals surface area contributed by atoms with E-state index in [1.807, 2.05) is 0 Å². The maximum Gasteiger partial charge on any atom is 0.407 e. The number of carbonyl (C=O) groups is 2. The third kappa shape index (κ3) is 2.39. The first kappa shape index (κ1) is 14.9. The average molecular weight is 348 g/mol. The van der Waals surface area contributed by atoms with Crippen LogP contribution in [0.4, 0.5) is 16.4 Å². The van der Waals surface area contributed by atoms with Crippen molar-refractivity contribution in [2.24, 2.45) is 17.8 Å². The molecular weight excluding hydrogens is 334 g/mol. The van der Waals surface area contributed by atoms with Crippen molar-refractivity contribution in [2.45, 2.75) is 0 Å². The van der Waals surface area contributed by atoms with Gasteiger partial charge in [-0.2, -0.15) is 0 Å². The third-order valence-electron chi connectivity index (χ3n) is 4.73. The Morgan fingerprint density at radius 1 is 1.33 bits per heavy atom. The van der Waals surface area contributed by atoms with Crippen LogP contribution in [0.3, 0.4) is 0 Å². The number of nitrogens with two attached hydrogens (primary N) is 1. The van der Waals surface area contributed by atoms with Crippen molar-refractivity contribution in [3.05, 3.63) is 23.5 Å². The number of carboxylic acid groups (broad SMARTS) is 1.